The second kappa shape index (κ2) is 8.15. The first-order valence-electron chi connectivity index (χ1n) is 7.94. The Morgan fingerprint density at radius 1 is 0.741 bits per heavy atom. The Labute approximate surface area is 159 Å². The summed E-state index contributed by atoms with van der Waals surface area (Å²) in [5.41, 5.74) is 7.07. The third-order valence-corrected chi connectivity index (χ3v) is 4.41. The number of primary amides is 1. The lowest BCUT2D eigenvalue weighted by atomic mass is 10.1. The Balaban J connectivity index is 1.66. The summed E-state index contributed by atoms with van der Waals surface area (Å²) in [6.07, 6.45) is 0. The number of anilines is 3. The first-order chi connectivity index (χ1) is 13.0. The minimum absolute atomic E-state index is 0.222. The lowest BCUT2D eigenvalue weighted by Gasteiger charge is -2.09. The van der Waals surface area contributed by atoms with Crippen molar-refractivity contribution in [2.75, 3.05) is 16.0 Å². The van der Waals surface area contributed by atoms with Gasteiger partial charge in [-0.3, -0.25) is 9.59 Å². The Morgan fingerprint density at radius 2 is 1.41 bits per heavy atom. The number of thiophene rings is 1. The van der Waals surface area contributed by atoms with E-state index in [-0.39, 0.29) is 11.8 Å². The SMILES string of the molecule is NC(=O)Nc1ccc(NC(=O)c2cccc(NC(=O)c3cccs3)c2)cc1. The highest BCUT2D eigenvalue weighted by Crippen LogP contribution is 2.17. The summed E-state index contributed by atoms with van der Waals surface area (Å²) in [6.45, 7) is 0. The molecule has 2 aromatic carbocycles. The van der Waals surface area contributed by atoms with Crippen molar-refractivity contribution in [3.05, 3.63) is 76.5 Å². The molecule has 8 heteroatoms. The molecule has 27 heavy (non-hydrogen) atoms. The minimum atomic E-state index is -0.659. The van der Waals surface area contributed by atoms with E-state index < -0.39 is 6.03 Å². The van der Waals surface area contributed by atoms with Crippen molar-refractivity contribution in [2.45, 2.75) is 0 Å². The molecule has 0 fully saturated rings. The minimum Gasteiger partial charge on any atom is -0.351 e. The van der Waals surface area contributed by atoms with E-state index in [1.807, 2.05) is 5.38 Å². The number of amides is 4. The van der Waals surface area contributed by atoms with Gasteiger partial charge in [-0.05, 0) is 53.9 Å². The standard InChI is InChI=1S/C19H16N4O3S/c20-19(26)23-14-8-6-13(7-9-14)21-17(24)12-3-1-4-15(11-12)22-18(25)16-5-2-10-27-16/h1-11H,(H,21,24)(H,22,25)(H3,20,23,26). The van der Waals surface area contributed by atoms with Gasteiger partial charge in [0, 0.05) is 22.6 Å². The first-order valence-corrected chi connectivity index (χ1v) is 8.82. The Kier molecular flexibility index (Phi) is 5.48. The van der Waals surface area contributed by atoms with E-state index in [2.05, 4.69) is 16.0 Å². The monoisotopic (exact) mass is 380 g/mol. The van der Waals surface area contributed by atoms with Crippen LogP contribution >= 0.6 is 11.3 Å². The summed E-state index contributed by atoms with van der Waals surface area (Å²) in [5, 5.41) is 9.79. The molecule has 4 amide bonds. The van der Waals surface area contributed by atoms with Gasteiger partial charge in [0.25, 0.3) is 11.8 Å². The molecule has 1 heterocycles. The van der Waals surface area contributed by atoms with Gasteiger partial charge < -0.3 is 21.7 Å². The molecule has 0 radical (unpaired) electrons. The van der Waals surface area contributed by atoms with Crippen LogP contribution in [0, 0.1) is 0 Å². The Morgan fingerprint density at radius 3 is 2.04 bits per heavy atom. The molecule has 0 aliphatic rings. The van der Waals surface area contributed by atoms with Gasteiger partial charge in [-0.2, -0.15) is 0 Å². The molecule has 1 aromatic heterocycles. The van der Waals surface area contributed by atoms with E-state index >= 15 is 0 Å². The lowest BCUT2D eigenvalue weighted by molar-refractivity contribution is 0.101. The normalized spacial score (nSPS) is 10.1. The lowest BCUT2D eigenvalue weighted by Crippen LogP contribution is -2.19. The third kappa shape index (κ3) is 4.93. The molecule has 3 aromatic rings. The molecule has 7 nitrogen and oxygen atoms in total. The van der Waals surface area contributed by atoms with Crippen LogP contribution in [0.25, 0.3) is 0 Å². The molecule has 0 saturated carbocycles. The van der Waals surface area contributed by atoms with E-state index in [0.717, 1.165) is 0 Å². The van der Waals surface area contributed by atoms with E-state index in [9.17, 15) is 14.4 Å². The largest absolute Gasteiger partial charge is 0.351 e. The van der Waals surface area contributed by atoms with Gasteiger partial charge in [0.1, 0.15) is 0 Å². The average molecular weight is 380 g/mol. The third-order valence-electron chi connectivity index (χ3n) is 3.54. The number of nitrogens with one attached hydrogen (secondary N) is 3. The fraction of sp³-hybridized carbons (Fsp3) is 0. The van der Waals surface area contributed by atoms with Crippen molar-refractivity contribution in [2.24, 2.45) is 5.73 Å². The molecule has 136 valence electrons. The van der Waals surface area contributed by atoms with E-state index in [1.54, 1.807) is 60.7 Å². The highest BCUT2D eigenvalue weighted by atomic mass is 32.1. The molecule has 0 atom stereocenters. The van der Waals surface area contributed by atoms with Crippen LogP contribution in [0.2, 0.25) is 0 Å². The van der Waals surface area contributed by atoms with Crippen molar-refractivity contribution >= 4 is 46.2 Å². The molecule has 5 N–H and O–H groups in total. The number of urea groups is 1. The average Bonchev–Trinajstić information content (AvgIpc) is 3.18. The van der Waals surface area contributed by atoms with Gasteiger partial charge in [-0.1, -0.05) is 12.1 Å². The highest BCUT2D eigenvalue weighted by molar-refractivity contribution is 7.12. The number of hydrogen-bond acceptors (Lipinski definition) is 4. The van der Waals surface area contributed by atoms with Crippen LogP contribution in [0.15, 0.2) is 66.0 Å². The quantitative estimate of drug-likeness (QED) is 0.540. The highest BCUT2D eigenvalue weighted by Gasteiger charge is 2.10. The van der Waals surface area contributed by atoms with Crippen LogP contribution in [-0.4, -0.2) is 17.8 Å². The van der Waals surface area contributed by atoms with Crippen LogP contribution in [-0.2, 0) is 0 Å². The number of rotatable bonds is 5. The zero-order valence-electron chi connectivity index (χ0n) is 14.1. The van der Waals surface area contributed by atoms with Crippen LogP contribution in [0.1, 0.15) is 20.0 Å². The fourth-order valence-electron chi connectivity index (χ4n) is 2.32. The van der Waals surface area contributed by atoms with Gasteiger partial charge in [0.2, 0.25) is 0 Å². The molecular weight excluding hydrogens is 364 g/mol. The maximum Gasteiger partial charge on any atom is 0.316 e. The number of benzene rings is 2. The van der Waals surface area contributed by atoms with Gasteiger partial charge in [-0.15, -0.1) is 11.3 Å². The van der Waals surface area contributed by atoms with Crippen molar-refractivity contribution < 1.29 is 14.4 Å². The molecule has 0 aliphatic heterocycles. The smallest absolute Gasteiger partial charge is 0.316 e. The number of carbonyl (C=O) groups is 3. The topological polar surface area (TPSA) is 113 Å². The molecule has 0 aliphatic carbocycles. The molecule has 3 rings (SSSR count). The van der Waals surface area contributed by atoms with Gasteiger partial charge in [0.05, 0.1) is 4.88 Å². The Hall–Kier alpha value is -3.65. The maximum absolute atomic E-state index is 12.4. The van der Waals surface area contributed by atoms with E-state index in [4.69, 9.17) is 5.73 Å². The predicted octanol–water partition coefficient (Wildman–Crippen LogP) is 3.74. The maximum atomic E-state index is 12.4. The van der Waals surface area contributed by atoms with Gasteiger partial charge in [-0.25, -0.2) is 4.79 Å². The second-order valence-electron chi connectivity index (χ2n) is 5.53. The van der Waals surface area contributed by atoms with Crippen molar-refractivity contribution in [3.63, 3.8) is 0 Å². The van der Waals surface area contributed by atoms with Crippen molar-refractivity contribution in [1.29, 1.82) is 0 Å². The molecular formula is C19H16N4O3S. The van der Waals surface area contributed by atoms with Crippen LogP contribution < -0.4 is 21.7 Å². The van der Waals surface area contributed by atoms with Gasteiger partial charge >= 0.3 is 6.03 Å². The van der Waals surface area contributed by atoms with Crippen LogP contribution in [0.3, 0.4) is 0 Å². The van der Waals surface area contributed by atoms with Crippen molar-refractivity contribution in [3.8, 4) is 0 Å². The summed E-state index contributed by atoms with van der Waals surface area (Å²) in [7, 11) is 0. The molecule has 0 spiro atoms. The predicted molar refractivity (Wildman–Crippen MR) is 106 cm³/mol. The molecule has 0 saturated heterocycles. The first kappa shape index (κ1) is 18.2. The Bertz CT molecular complexity index is 969. The summed E-state index contributed by atoms with van der Waals surface area (Å²) in [6, 6.07) is 16.1. The summed E-state index contributed by atoms with van der Waals surface area (Å²) >= 11 is 1.34. The van der Waals surface area contributed by atoms with E-state index in [0.29, 0.717) is 27.5 Å². The van der Waals surface area contributed by atoms with Crippen LogP contribution in [0.4, 0.5) is 21.9 Å². The summed E-state index contributed by atoms with van der Waals surface area (Å²) in [4.78, 5) is 36.0. The number of nitrogens with two attached hydrogens (primary N) is 1. The molecule has 0 unspecified atom stereocenters. The number of carbonyl (C=O) groups excluding carboxylic acids is 3. The van der Waals surface area contributed by atoms with Crippen molar-refractivity contribution in [1.82, 2.24) is 0 Å². The van der Waals surface area contributed by atoms with E-state index in [1.165, 1.54) is 11.3 Å². The zero-order chi connectivity index (χ0) is 19.2. The second-order valence-corrected chi connectivity index (χ2v) is 6.48. The fourth-order valence-corrected chi connectivity index (χ4v) is 2.94. The number of hydrogen-bond donors (Lipinski definition) is 4. The molecule has 0 bridgehead atoms. The zero-order valence-corrected chi connectivity index (χ0v) is 14.9. The summed E-state index contributed by atoms with van der Waals surface area (Å²) in [5.74, 6) is -0.544. The van der Waals surface area contributed by atoms with Crippen LogP contribution in [0.5, 0.6) is 0 Å². The summed E-state index contributed by atoms with van der Waals surface area (Å²) < 4.78 is 0. The van der Waals surface area contributed by atoms with Gasteiger partial charge in [0.15, 0.2) is 0 Å².